The molecule has 2 aromatic rings. The van der Waals surface area contributed by atoms with Crippen LogP contribution in [0.1, 0.15) is 5.56 Å². The first-order valence-corrected chi connectivity index (χ1v) is 4.30. The Morgan fingerprint density at radius 2 is 2.21 bits per heavy atom. The molecule has 4 heteroatoms. The van der Waals surface area contributed by atoms with Gasteiger partial charge in [-0.3, -0.25) is 0 Å². The van der Waals surface area contributed by atoms with Crippen LogP contribution in [0.25, 0.3) is 5.69 Å². The van der Waals surface area contributed by atoms with E-state index in [4.69, 9.17) is 5.73 Å². The van der Waals surface area contributed by atoms with E-state index in [0.717, 1.165) is 5.56 Å². The maximum absolute atomic E-state index is 13.5. The second-order valence-corrected chi connectivity index (χ2v) is 2.90. The summed E-state index contributed by atoms with van der Waals surface area (Å²) in [5.74, 6) is -0.309. The summed E-state index contributed by atoms with van der Waals surface area (Å²) < 4.78 is 15.0. The second kappa shape index (κ2) is 3.59. The molecule has 14 heavy (non-hydrogen) atoms. The number of nitrogens with zero attached hydrogens (tertiary/aromatic N) is 2. The number of benzene rings is 1. The quantitative estimate of drug-likeness (QED) is 0.781. The molecule has 0 unspecified atom stereocenters. The number of rotatable bonds is 2. The molecule has 0 fully saturated rings. The van der Waals surface area contributed by atoms with Gasteiger partial charge >= 0.3 is 0 Å². The Balaban J connectivity index is 2.61. The maximum atomic E-state index is 13.5. The third-order valence-electron chi connectivity index (χ3n) is 2.02. The van der Waals surface area contributed by atoms with E-state index in [0.29, 0.717) is 12.2 Å². The lowest BCUT2D eigenvalue weighted by atomic mass is 10.1. The molecule has 0 spiro atoms. The summed E-state index contributed by atoms with van der Waals surface area (Å²) in [7, 11) is 0. The topological polar surface area (TPSA) is 43.8 Å². The van der Waals surface area contributed by atoms with Crippen LogP contribution in [-0.2, 0) is 6.54 Å². The van der Waals surface area contributed by atoms with Gasteiger partial charge in [-0.2, -0.15) is 5.10 Å². The van der Waals surface area contributed by atoms with E-state index in [-0.39, 0.29) is 5.82 Å². The van der Waals surface area contributed by atoms with Gasteiger partial charge in [-0.05, 0) is 17.7 Å². The van der Waals surface area contributed by atoms with Crippen LogP contribution in [-0.4, -0.2) is 9.78 Å². The molecule has 0 saturated carbocycles. The van der Waals surface area contributed by atoms with E-state index in [1.165, 1.54) is 10.7 Å². The number of para-hydroxylation sites is 1. The fourth-order valence-electron chi connectivity index (χ4n) is 1.38. The van der Waals surface area contributed by atoms with Crippen molar-refractivity contribution in [2.45, 2.75) is 6.54 Å². The highest BCUT2D eigenvalue weighted by Crippen LogP contribution is 2.16. The standard InChI is InChI=1S/C10H10FN3/c11-9-4-1-3-8(7-12)10(9)14-6-2-5-13-14/h1-6H,7,12H2. The van der Waals surface area contributed by atoms with Crippen molar-refractivity contribution < 1.29 is 4.39 Å². The highest BCUT2D eigenvalue weighted by Gasteiger charge is 2.08. The van der Waals surface area contributed by atoms with Crippen molar-refractivity contribution in [1.29, 1.82) is 0 Å². The van der Waals surface area contributed by atoms with Gasteiger partial charge in [-0.15, -0.1) is 0 Å². The molecule has 0 aliphatic carbocycles. The van der Waals surface area contributed by atoms with Crippen molar-refractivity contribution >= 4 is 0 Å². The van der Waals surface area contributed by atoms with Crippen LogP contribution >= 0.6 is 0 Å². The fraction of sp³-hybridized carbons (Fsp3) is 0.100. The SMILES string of the molecule is NCc1cccc(F)c1-n1cccn1. The Morgan fingerprint density at radius 1 is 1.36 bits per heavy atom. The number of hydrogen-bond acceptors (Lipinski definition) is 2. The highest BCUT2D eigenvalue weighted by molar-refractivity contribution is 5.41. The maximum Gasteiger partial charge on any atom is 0.149 e. The fourth-order valence-corrected chi connectivity index (χ4v) is 1.38. The molecule has 0 radical (unpaired) electrons. The first-order valence-electron chi connectivity index (χ1n) is 4.30. The summed E-state index contributed by atoms with van der Waals surface area (Å²) in [5.41, 5.74) is 6.69. The molecule has 3 nitrogen and oxygen atoms in total. The van der Waals surface area contributed by atoms with Gasteiger partial charge in [0.25, 0.3) is 0 Å². The van der Waals surface area contributed by atoms with Gasteiger partial charge in [0.05, 0.1) is 0 Å². The van der Waals surface area contributed by atoms with Gasteiger partial charge in [-0.25, -0.2) is 9.07 Å². The lowest BCUT2D eigenvalue weighted by Gasteiger charge is -2.08. The van der Waals surface area contributed by atoms with E-state index in [2.05, 4.69) is 5.10 Å². The van der Waals surface area contributed by atoms with Crippen molar-refractivity contribution in [2.24, 2.45) is 5.73 Å². The van der Waals surface area contributed by atoms with E-state index in [9.17, 15) is 4.39 Å². The first kappa shape index (κ1) is 8.90. The molecule has 0 aliphatic heterocycles. The molecule has 1 aromatic carbocycles. The minimum absolute atomic E-state index is 0.299. The van der Waals surface area contributed by atoms with Gasteiger partial charge in [0.2, 0.25) is 0 Å². The zero-order valence-corrected chi connectivity index (χ0v) is 7.52. The van der Waals surface area contributed by atoms with E-state index in [1.807, 2.05) is 0 Å². The third kappa shape index (κ3) is 1.40. The normalized spacial score (nSPS) is 10.4. The van der Waals surface area contributed by atoms with Gasteiger partial charge in [-0.1, -0.05) is 12.1 Å². The molecule has 1 heterocycles. The molecule has 0 atom stereocenters. The molecule has 0 aliphatic rings. The summed E-state index contributed by atoms with van der Waals surface area (Å²) in [6.07, 6.45) is 3.30. The molecule has 0 amide bonds. The van der Waals surface area contributed by atoms with Gasteiger partial charge < -0.3 is 5.73 Å². The molecular formula is C10H10FN3. The van der Waals surface area contributed by atoms with Crippen molar-refractivity contribution in [2.75, 3.05) is 0 Å². The van der Waals surface area contributed by atoms with Crippen molar-refractivity contribution in [3.05, 3.63) is 48.0 Å². The average Bonchev–Trinajstić information content (AvgIpc) is 2.70. The highest BCUT2D eigenvalue weighted by atomic mass is 19.1. The van der Waals surface area contributed by atoms with E-state index < -0.39 is 0 Å². The smallest absolute Gasteiger partial charge is 0.149 e. The number of halogens is 1. The van der Waals surface area contributed by atoms with Crippen LogP contribution in [0.5, 0.6) is 0 Å². The van der Waals surface area contributed by atoms with Crippen LogP contribution in [0.2, 0.25) is 0 Å². The Morgan fingerprint density at radius 3 is 2.86 bits per heavy atom. The molecular weight excluding hydrogens is 181 g/mol. The molecule has 2 N–H and O–H groups in total. The number of nitrogens with two attached hydrogens (primary N) is 1. The van der Waals surface area contributed by atoms with E-state index >= 15 is 0 Å². The average molecular weight is 191 g/mol. The largest absolute Gasteiger partial charge is 0.326 e. The van der Waals surface area contributed by atoms with E-state index in [1.54, 1.807) is 30.6 Å². The molecule has 0 saturated heterocycles. The van der Waals surface area contributed by atoms with Crippen molar-refractivity contribution in [1.82, 2.24) is 9.78 Å². The number of hydrogen-bond donors (Lipinski definition) is 1. The lowest BCUT2D eigenvalue weighted by Crippen LogP contribution is -2.07. The molecule has 0 bridgehead atoms. The zero-order chi connectivity index (χ0) is 9.97. The summed E-state index contributed by atoms with van der Waals surface area (Å²) in [6.45, 7) is 0.299. The summed E-state index contributed by atoms with van der Waals surface area (Å²) in [5, 5.41) is 3.98. The lowest BCUT2D eigenvalue weighted by molar-refractivity contribution is 0.607. The Hall–Kier alpha value is -1.68. The minimum Gasteiger partial charge on any atom is -0.326 e. The molecule has 72 valence electrons. The monoisotopic (exact) mass is 191 g/mol. The summed E-state index contributed by atoms with van der Waals surface area (Å²) >= 11 is 0. The molecule has 2 rings (SSSR count). The Labute approximate surface area is 81.0 Å². The third-order valence-corrected chi connectivity index (χ3v) is 2.02. The molecule has 1 aromatic heterocycles. The van der Waals surface area contributed by atoms with Crippen LogP contribution < -0.4 is 5.73 Å². The van der Waals surface area contributed by atoms with Gasteiger partial charge in [0.15, 0.2) is 0 Å². The summed E-state index contributed by atoms with van der Waals surface area (Å²) in [6, 6.07) is 6.58. The minimum atomic E-state index is -0.309. The predicted octanol–water partition coefficient (Wildman–Crippen LogP) is 1.47. The van der Waals surface area contributed by atoms with Crippen molar-refractivity contribution in [3.8, 4) is 5.69 Å². The second-order valence-electron chi connectivity index (χ2n) is 2.90. The van der Waals surface area contributed by atoms with Crippen LogP contribution in [0.15, 0.2) is 36.7 Å². The summed E-state index contributed by atoms with van der Waals surface area (Å²) in [4.78, 5) is 0. The predicted molar refractivity (Wildman–Crippen MR) is 51.4 cm³/mol. The zero-order valence-electron chi connectivity index (χ0n) is 7.52. The Bertz CT molecular complexity index is 423. The van der Waals surface area contributed by atoms with Crippen LogP contribution in [0, 0.1) is 5.82 Å². The van der Waals surface area contributed by atoms with Crippen LogP contribution in [0.4, 0.5) is 4.39 Å². The first-order chi connectivity index (χ1) is 6.83. The van der Waals surface area contributed by atoms with Crippen LogP contribution in [0.3, 0.4) is 0 Å². The number of aromatic nitrogens is 2. The van der Waals surface area contributed by atoms with Gasteiger partial charge in [0.1, 0.15) is 11.5 Å². The van der Waals surface area contributed by atoms with Gasteiger partial charge in [0, 0.05) is 18.9 Å². The Kier molecular flexibility index (Phi) is 2.28. The van der Waals surface area contributed by atoms with Crippen molar-refractivity contribution in [3.63, 3.8) is 0 Å².